The standard InChI is InChI=1S/C9H11NO2.C4H7NO4.C3H7NO2S.C2H5NO2/c10-8(9(11)12)6-7-4-2-1-3-5-7;5-2(4(8)9)1-3(6)7;4-2(1-7)3(5)6;3-1-2(4)5/h1-5,8H,6,10H2,(H,11,12);2H,1,5H2,(H,6,7)(H,8,9);2,7H,1,4H2,(H,5,6);1,3H2,(H,4,5)/t8-;2*2-;/m000./s1. The Morgan fingerprint density at radius 3 is 1.33 bits per heavy atom. The van der Waals surface area contributed by atoms with Crippen LogP contribution in [0, 0.1) is 0 Å². The predicted molar refractivity (Wildman–Crippen MR) is 120 cm³/mol. The second kappa shape index (κ2) is 20.7. The zero-order valence-electron chi connectivity index (χ0n) is 17.5. The molecule has 0 unspecified atom stereocenters. The van der Waals surface area contributed by atoms with Crippen molar-refractivity contribution >= 4 is 42.5 Å². The van der Waals surface area contributed by atoms with Crippen LogP contribution in [0.4, 0.5) is 0 Å². The van der Waals surface area contributed by atoms with Gasteiger partial charge in [0.15, 0.2) is 0 Å². The first-order valence-corrected chi connectivity index (χ1v) is 9.56. The normalized spacial score (nSPS) is 11.9. The maximum absolute atomic E-state index is 10.4. The molecule has 0 aliphatic carbocycles. The number of nitrogens with two attached hydrogens (primary N) is 4. The summed E-state index contributed by atoms with van der Waals surface area (Å²) in [7, 11) is 0. The first-order chi connectivity index (χ1) is 15.2. The van der Waals surface area contributed by atoms with Crippen molar-refractivity contribution in [3.63, 3.8) is 0 Å². The smallest absolute Gasteiger partial charge is 0.321 e. The maximum atomic E-state index is 10.4. The van der Waals surface area contributed by atoms with Crippen LogP contribution < -0.4 is 22.9 Å². The zero-order valence-corrected chi connectivity index (χ0v) is 18.4. The topological polar surface area (TPSA) is 291 Å². The van der Waals surface area contributed by atoms with E-state index in [0.29, 0.717) is 6.42 Å². The summed E-state index contributed by atoms with van der Waals surface area (Å²) >= 11 is 3.65. The lowest BCUT2D eigenvalue weighted by molar-refractivity contribution is -0.144. The summed E-state index contributed by atoms with van der Waals surface area (Å²) in [5, 5.41) is 40.2. The average molecular weight is 495 g/mol. The molecule has 0 aromatic heterocycles. The summed E-state index contributed by atoms with van der Waals surface area (Å²) in [6, 6.07) is 6.44. The van der Waals surface area contributed by atoms with Crippen LogP contribution in [0.25, 0.3) is 0 Å². The van der Waals surface area contributed by atoms with E-state index >= 15 is 0 Å². The molecule has 15 heteroatoms. The molecular weight excluding hydrogens is 464 g/mol. The van der Waals surface area contributed by atoms with Crippen molar-refractivity contribution in [1.29, 1.82) is 0 Å². The lowest BCUT2D eigenvalue weighted by Gasteiger charge is -2.04. The van der Waals surface area contributed by atoms with E-state index in [-0.39, 0.29) is 12.3 Å². The van der Waals surface area contributed by atoms with Gasteiger partial charge in [-0.15, -0.1) is 0 Å². The van der Waals surface area contributed by atoms with Gasteiger partial charge in [-0.3, -0.25) is 24.0 Å². The van der Waals surface area contributed by atoms with Gasteiger partial charge in [0.05, 0.1) is 13.0 Å². The molecule has 0 saturated carbocycles. The molecule has 188 valence electrons. The van der Waals surface area contributed by atoms with Crippen molar-refractivity contribution < 1.29 is 49.5 Å². The number of hydrogen-bond acceptors (Lipinski definition) is 10. The number of carboxylic acid groups (broad SMARTS) is 5. The third-order valence-electron chi connectivity index (χ3n) is 3.02. The van der Waals surface area contributed by atoms with E-state index in [1.54, 1.807) is 0 Å². The Kier molecular flexibility index (Phi) is 21.5. The number of carboxylic acids is 5. The summed E-state index contributed by atoms with van der Waals surface area (Å²) in [5.41, 5.74) is 20.6. The van der Waals surface area contributed by atoms with Gasteiger partial charge in [0.25, 0.3) is 0 Å². The maximum Gasteiger partial charge on any atom is 0.321 e. The third-order valence-corrected chi connectivity index (χ3v) is 3.41. The molecule has 0 saturated heterocycles. The quantitative estimate of drug-likeness (QED) is 0.164. The lowest BCUT2D eigenvalue weighted by Crippen LogP contribution is -2.32. The Bertz CT molecular complexity index is 736. The van der Waals surface area contributed by atoms with Crippen molar-refractivity contribution in [3.05, 3.63) is 35.9 Å². The Morgan fingerprint density at radius 2 is 1.12 bits per heavy atom. The van der Waals surface area contributed by atoms with Crippen LogP contribution >= 0.6 is 12.6 Å². The second-order valence-electron chi connectivity index (χ2n) is 5.90. The summed E-state index contributed by atoms with van der Waals surface area (Å²) in [6.07, 6.45) is -0.147. The van der Waals surface area contributed by atoms with Gasteiger partial charge in [0.2, 0.25) is 0 Å². The fraction of sp³-hybridized carbons (Fsp3) is 0.389. The van der Waals surface area contributed by atoms with Crippen LogP contribution in [0.2, 0.25) is 0 Å². The molecule has 0 radical (unpaired) electrons. The minimum atomic E-state index is -1.29. The molecule has 0 amide bonds. The predicted octanol–water partition coefficient (Wildman–Crippen LogP) is -2.13. The number of benzene rings is 1. The van der Waals surface area contributed by atoms with Gasteiger partial charge in [-0.05, 0) is 12.0 Å². The fourth-order valence-electron chi connectivity index (χ4n) is 1.31. The van der Waals surface area contributed by atoms with E-state index < -0.39 is 54.4 Å². The average Bonchev–Trinajstić information content (AvgIpc) is 2.74. The molecular formula is C18H30N4O10S. The minimum Gasteiger partial charge on any atom is -0.481 e. The van der Waals surface area contributed by atoms with Gasteiger partial charge in [0, 0.05) is 5.75 Å². The van der Waals surface area contributed by atoms with Crippen LogP contribution in [-0.4, -0.2) is 85.8 Å². The molecule has 33 heavy (non-hydrogen) atoms. The Hall–Kier alpha value is -3.24. The summed E-state index contributed by atoms with van der Waals surface area (Å²) < 4.78 is 0. The minimum absolute atomic E-state index is 0.190. The fourth-order valence-corrected chi connectivity index (χ4v) is 1.47. The van der Waals surface area contributed by atoms with Crippen LogP contribution in [0.3, 0.4) is 0 Å². The molecule has 0 spiro atoms. The molecule has 14 nitrogen and oxygen atoms in total. The highest BCUT2D eigenvalue weighted by Crippen LogP contribution is 2.01. The molecule has 1 aromatic carbocycles. The van der Waals surface area contributed by atoms with Crippen molar-refractivity contribution in [3.8, 4) is 0 Å². The number of carbonyl (C=O) groups is 5. The second-order valence-corrected chi connectivity index (χ2v) is 6.27. The van der Waals surface area contributed by atoms with Crippen LogP contribution in [0.1, 0.15) is 12.0 Å². The Labute approximate surface area is 194 Å². The molecule has 0 aliphatic rings. The van der Waals surface area contributed by atoms with Crippen molar-refractivity contribution in [1.82, 2.24) is 0 Å². The largest absolute Gasteiger partial charge is 0.481 e. The van der Waals surface area contributed by atoms with Crippen molar-refractivity contribution in [2.45, 2.75) is 31.0 Å². The first-order valence-electron chi connectivity index (χ1n) is 8.93. The molecule has 0 heterocycles. The van der Waals surface area contributed by atoms with E-state index in [4.69, 9.17) is 42.7 Å². The van der Waals surface area contributed by atoms with E-state index in [0.717, 1.165) is 5.56 Å². The molecule has 0 aliphatic heterocycles. The molecule has 0 fully saturated rings. The van der Waals surface area contributed by atoms with Crippen LogP contribution in [0.5, 0.6) is 0 Å². The molecule has 1 aromatic rings. The lowest BCUT2D eigenvalue weighted by atomic mass is 10.1. The van der Waals surface area contributed by atoms with E-state index in [1.807, 2.05) is 30.3 Å². The van der Waals surface area contributed by atoms with Gasteiger partial charge in [-0.25, -0.2) is 0 Å². The number of aliphatic carboxylic acids is 5. The summed E-state index contributed by atoms with van der Waals surface area (Å²) in [5.74, 6) is -5.24. The molecule has 0 bridgehead atoms. The highest BCUT2D eigenvalue weighted by atomic mass is 32.1. The summed E-state index contributed by atoms with van der Waals surface area (Å²) in [4.78, 5) is 49.0. The van der Waals surface area contributed by atoms with Crippen molar-refractivity contribution in [2.24, 2.45) is 22.9 Å². The Balaban J connectivity index is -0.000000384. The monoisotopic (exact) mass is 494 g/mol. The third kappa shape index (κ3) is 24.9. The van der Waals surface area contributed by atoms with Crippen LogP contribution in [-0.2, 0) is 30.4 Å². The number of hydrogen-bond donors (Lipinski definition) is 10. The number of rotatable bonds is 9. The number of thiol groups is 1. The highest BCUT2D eigenvalue weighted by molar-refractivity contribution is 7.80. The highest BCUT2D eigenvalue weighted by Gasteiger charge is 2.14. The van der Waals surface area contributed by atoms with E-state index in [9.17, 15) is 24.0 Å². The molecule has 3 atom stereocenters. The van der Waals surface area contributed by atoms with E-state index in [2.05, 4.69) is 18.4 Å². The Morgan fingerprint density at radius 1 is 0.727 bits per heavy atom. The van der Waals surface area contributed by atoms with Crippen molar-refractivity contribution in [2.75, 3.05) is 12.3 Å². The van der Waals surface area contributed by atoms with E-state index in [1.165, 1.54) is 0 Å². The zero-order chi connectivity index (χ0) is 26.6. The van der Waals surface area contributed by atoms with Gasteiger partial charge in [-0.1, -0.05) is 30.3 Å². The molecule has 1 rings (SSSR count). The summed E-state index contributed by atoms with van der Waals surface area (Å²) in [6.45, 7) is -0.278. The molecule has 13 N–H and O–H groups in total. The van der Waals surface area contributed by atoms with Crippen LogP contribution in [0.15, 0.2) is 30.3 Å². The van der Waals surface area contributed by atoms with Gasteiger partial charge in [-0.2, -0.15) is 12.6 Å². The SMILES string of the molecule is NCC(=O)O.N[C@@H](CC(=O)O)C(=O)O.N[C@@H](CS)C(=O)O.N[C@@H](Cc1ccccc1)C(=O)O. The van der Waals surface area contributed by atoms with Gasteiger partial charge in [0.1, 0.15) is 18.1 Å². The first kappa shape index (κ1) is 34.4. The van der Waals surface area contributed by atoms with Gasteiger partial charge < -0.3 is 48.5 Å². The van der Waals surface area contributed by atoms with Gasteiger partial charge >= 0.3 is 29.8 Å².